The van der Waals surface area contributed by atoms with Crippen LogP contribution in [0.5, 0.6) is 0 Å². The van der Waals surface area contributed by atoms with E-state index in [-0.39, 0.29) is 0 Å². The lowest BCUT2D eigenvalue weighted by Gasteiger charge is -2.16. The Morgan fingerprint density at radius 2 is 2.12 bits per heavy atom. The third kappa shape index (κ3) is 2.87. The number of aromatic nitrogens is 1. The van der Waals surface area contributed by atoms with Crippen molar-refractivity contribution in [1.29, 1.82) is 0 Å². The topological polar surface area (TPSA) is 24.9 Å². The number of hydrogen-bond acceptors (Lipinski definition) is 3. The smallest absolute Gasteiger partial charge is 0.0798 e. The average Bonchev–Trinajstić information content (AvgIpc) is 2.68. The van der Waals surface area contributed by atoms with Crippen LogP contribution in [0.15, 0.2) is 28.2 Å². The van der Waals surface area contributed by atoms with Gasteiger partial charge in [-0.25, -0.2) is 4.98 Å². The minimum atomic E-state index is 0.294. The first-order valence-electron chi connectivity index (χ1n) is 5.50. The van der Waals surface area contributed by atoms with Crippen molar-refractivity contribution in [3.63, 3.8) is 0 Å². The van der Waals surface area contributed by atoms with Crippen LogP contribution >= 0.6 is 27.3 Å². The van der Waals surface area contributed by atoms with E-state index in [1.807, 2.05) is 5.51 Å². The first-order valence-corrected chi connectivity index (χ1v) is 7.18. The maximum absolute atomic E-state index is 4.29. The maximum Gasteiger partial charge on any atom is 0.0798 e. The highest BCUT2D eigenvalue weighted by Gasteiger charge is 2.11. The van der Waals surface area contributed by atoms with Gasteiger partial charge in [-0.15, -0.1) is 11.3 Å². The summed E-state index contributed by atoms with van der Waals surface area (Å²) in [4.78, 5) is 5.59. The van der Waals surface area contributed by atoms with Crippen molar-refractivity contribution in [3.8, 4) is 0 Å². The summed E-state index contributed by atoms with van der Waals surface area (Å²) in [6.45, 7) is 6.33. The third-order valence-electron chi connectivity index (χ3n) is 2.74. The molecule has 0 spiro atoms. The molecule has 0 fully saturated rings. The number of anilines is 1. The van der Waals surface area contributed by atoms with E-state index in [0.29, 0.717) is 6.04 Å². The SMILES string of the molecule is Cc1cc(Br)ccc1NC(C)c1scnc1C. The molecule has 0 bridgehead atoms. The molecule has 0 radical (unpaired) electrons. The van der Waals surface area contributed by atoms with E-state index in [2.05, 4.69) is 65.2 Å². The molecule has 0 aliphatic carbocycles. The highest BCUT2D eigenvalue weighted by Crippen LogP contribution is 2.27. The number of nitrogens with zero attached hydrogens (tertiary/aromatic N) is 1. The molecule has 1 aromatic heterocycles. The number of aryl methyl sites for hydroxylation is 2. The highest BCUT2D eigenvalue weighted by atomic mass is 79.9. The van der Waals surface area contributed by atoms with E-state index in [1.165, 1.54) is 16.1 Å². The minimum Gasteiger partial charge on any atom is -0.377 e. The van der Waals surface area contributed by atoms with Crippen LogP contribution < -0.4 is 5.32 Å². The minimum absolute atomic E-state index is 0.294. The predicted molar refractivity (Wildman–Crippen MR) is 77.8 cm³/mol. The summed E-state index contributed by atoms with van der Waals surface area (Å²) in [5.41, 5.74) is 5.43. The summed E-state index contributed by atoms with van der Waals surface area (Å²) in [5, 5.41) is 3.53. The number of thiazole rings is 1. The Hall–Kier alpha value is -0.870. The zero-order chi connectivity index (χ0) is 12.4. The molecule has 1 aromatic carbocycles. The van der Waals surface area contributed by atoms with Gasteiger partial charge in [0.1, 0.15) is 0 Å². The van der Waals surface area contributed by atoms with Gasteiger partial charge >= 0.3 is 0 Å². The molecule has 0 saturated heterocycles. The van der Waals surface area contributed by atoms with Crippen molar-refractivity contribution in [2.24, 2.45) is 0 Å². The van der Waals surface area contributed by atoms with E-state index < -0.39 is 0 Å². The lowest BCUT2D eigenvalue weighted by Crippen LogP contribution is -2.07. The van der Waals surface area contributed by atoms with Crippen LogP contribution in [0.25, 0.3) is 0 Å². The van der Waals surface area contributed by atoms with Crippen LogP contribution in [0.3, 0.4) is 0 Å². The van der Waals surface area contributed by atoms with Gasteiger partial charge in [0.25, 0.3) is 0 Å². The Morgan fingerprint density at radius 3 is 2.71 bits per heavy atom. The fourth-order valence-corrected chi connectivity index (χ4v) is 3.10. The molecule has 90 valence electrons. The van der Waals surface area contributed by atoms with Crippen molar-refractivity contribution in [2.75, 3.05) is 5.32 Å². The Balaban J connectivity index is 2.19. The molecular weight excluding hydrogens is 296 g/mol. The molecule has 17 heavy (non-hydrogen) atoms. The number of rotatable bonds is 3. The Labute approximate surface area is 114 Å². The average molecular weight is 311 g/mol. The molecule has 2 nitrogen and oxygen atoms in total. The van der Waals surface area contributed by atoms with Crippen molar-refractivity contribution in [2.45, 2.75) is 26.8 Å². The molecule has 2 rings (SSSR count). The zero-order valence-electron chi connectivity index (χ0n) is 10.1. The molecule has 4 heteroatoms. The second-order valence-corrected chi connectivity index (χ2v) is 5.93. The van der Waals surface area contributed by atoms with Gasteiger partial charge in [0.05, 0.1) is 17.2 Å². The summed E-state index contributed by atoms with van der Waals surface area (Å²) in [6, 6.07) is 6.57. The van der Waals surface area contributed by atoms with Crippen LogP contribution in [-0.4, -0.2) is 4.98 Å². The van der Waals surface area contributed by atoms with Crippen molar-refractivity contribution in [1.82, 2.24) is 4.98 Å². The molecule has 1 atom stereocenters. The molecule has 0 aliphatic heterocycles. The van der Waals surface area contributed by atoms with Gasteiger partial charge in [-0.3, -0.25) is 0 Å². The molecular formula is C13H15BrN2S. The number of benzene rings is 1. The summed E-state index contributed by atoms with van der Waals surface area (Å²) >= 11 is 5.18. The third-order valence-corrected chi connectivity index (χ3v) is 4.34. The second kappa shape index (κ2) is 5.19. The number of hydrogen-bond donors (Lipinski definition) is 1. The molecule has 1 heterocycles. The molecule has 0 amide bonds. The number of halogens is 1. The molecule has 0 saturated carbocycles. The Morgan fingerprint density at radius 1 is 1.35 bits per heavy atom. The van der Waals surface area contributed by atoms with Gasteiger partial charge in [-0.2, -0.15) is 0 Å². The number of nitrogens with one attached hydrogen (secondary N) is 1. The second-order valence-electron chi connectivity index (χ2n) is 4.13. The van der Waals surface area contributed by atoms with E-state index in [9.17, 15) is 0 Å². The van der Waals surface area contributed by atoms with Gasteiger partial charge in [0, 0.05) is 15.0 Å². The van der Waals surface area contributed by atoms with Gasteiger partial charge < -0.3 is 5.32 Å². The van der Waals surface area contributed by atoms with E-state index in [1.54, 1.807) is 11.3 Å². The highest BCUT2D eigenvalue weighted by molar-refractivity contribution is 9.10. The first-order chi connectivity index (χ1) is 8.08. The van der Waals surface area contributed by atoms with Gasteiger partial charge in [-0.1, -0.05) is 15.9 Å². The first kappa shape index (κ1) is 12.6. The van der Waals surface area contributed by atoms with Gasteiger partial charge in [-0.05, 0) is 44.5 Å². The van der Waals surface area contributed by atoms with E-state index >= 15 is 0 Å². The van der Waals surface area contributed by atoms with Crippen molar-refractivity contribution < 1.29 is 0 Å². The van der Waals surface area contributed by atoms with Crippen LogP contribution in [0.1, 0.15) is 29.1 Å². The van der Waals surface area contributed by atoms with Crippen LogP contribution in [-0.2, 0) is 0 Å². The molecule has 1 N–H and O–H groups in total. The lowest BCUT2D eigenvalue weighted by atomic mass is 10.1. The largest absolute Gasteiger partial charge is 0.377 e. The standard InChI is InChI=1S/C13H15BrN2S/c1-8-6-11(14)4-5-12(8)16-10(3)13-9(2)15-7-17-13/h4-7,10,16H,1-3H3. The predicted octanol–water partition coefficient (Wildman–Crippen LogP) is 4.70. The van der Waals surface area contributed by atoms with Gasteiger partial charge in [0.15, 0.2) is 0 Å². The summed E-state index contributed by atoms with van der Waals surface area (Å²) in [7, 11) is 0. The summed E-state index contributed by atoms with van der Waals surface area (Å²) < 4.78 is 1.11. The Kier molecular flexibility index (Phi) is 3.84. The van der Waals surface area contributed by atoms with Crippen molar-refractivity contribution in [3.05, 3.63) is 44.3 Å². The summed E-state index contributed by atoms with van der Waals surface area (Å²) in [6.07, 6.45) is 0. The lowest BCUT2D eigenvalue weighted by molar-refractivity contribution is 0.888. The van der Waals surface area contributed by atoms with Crippen LogP contribution in [0.2, 0.25) is 0 Å². The maximum atomic E-state index is 4.29. The normalized spacial score (nSPS) is 12.5. The van der Waals surface area contributed by atoms with E-state index in [0.717, 1.165) is 10.2 Å². The Bertz CT molecular complexity index is 522. The molecule has 0 aliphatic rings. The summed E-state index contributed by atoms with van der Waals surface area (Å²) in [5.74, 6) is 0. The van der Waals surface area contributed by atoms with Gasteiger partial charge in [0.2, 0.25) is 0 Å². The molecule has 1 unspecified atom stereocenters. The van der Waals surface area contributed by atoms with Crippen molar-refractivity contribution >= 4 is 33.0 Å². The zero-order valence-corrected chi connectivity index (χ0v) is 12.5. The quantitative estimate of drug-likeness (QED) is 0.889. The fourth-order valence-electron chi connectivity index (χ4n) is 1.81. The van der Waals surface area contributed by atoms with Crippen LogP contribution in [0.4, 0.5) is 5.69 Å². The fraction of sp³-hybridized carbons (Fsp3) is 0.308. The van der Waals surface area contributed by atoms with Crippen LogP contribution in [0, 0.1) is 13.8 Å². The monoisotopic (exact) mass is 310 g/mol. The van der Waals surface area contributed by atoms with E-state index in [4.69, 9.17) is 0 Å². The molecule has 2 aromatic rings.